The van der Waals surface area contributed by atoms with Crippen LogP contribution in [-0.4, -0.2) is 15.0 Å². The van der Waals surface area contributed by atoms with Gasteiger partial charge < -0.3 is 9.47 Å². The third-order valence-corrected chi connectivity index (χ3v) is 11.6. The van der Waals surface area contributed by atoms with E-state index in [1.807, 2.05) is 18.2 Å². The third kappa shape index (κ3) is 6.16. The summed E-state index contributed by atoms with van der Waals surface area (Å²) in [4.78, 5) is 15.3. The molecule has 8 aromatic carbocycles. The molecule has 0 bridgehead atoms. The first-order valence-corrected chi connectivity index (χ1v) is 19.9. The van der Waals surface area contributed by atoms with Crippen LogP contribution in [0, 0.1) is 0 Å². The molecule has 1 aliphatic heterocycles. The molecule has 0 N–H and O–H groups in total. The SMILES string of the molecule is CC1(C)c2ccccc2-c2cc3c(cc21)Oc1cc(-c2ccc(-c4nc(-c5cccc(-c6ccccc6)c5)nc(-c5cccc(-c6ccccc6)c5)n4)cc2)ccc1O3. The lowest BCUT2D eigenvalue weighted by atomic mass is 9.82. The van der Waals surface area contributed by atoms with E-state index in [4.69, 9.17) is 24.4 Å². The summed E-state index contributed by atoms with van der Waals surface area (Å²) in [5, 5.41) is 0. The van der Waals surface area contributed by atoms with Gasteiger partial charge in [0.2, 0.25) is 0 Å². The second-order valence-electron chi connectivity index (χ2n) is 15.7. The molecule has 5 nitrogen and oxygen atoms in total. The van der Waals surface area contributed by atoms with Gasteiger partial charge in [-0.05, 0) is 92.0 Å². The van der Waals surface area contributed by atoms with Crippen LogP contribution in [0.1, 0.15) is 25.0 Å². The molecule has 5 heteroatoms. The van der Waals surface area contributed by atoms with E-state index in [1.54, 1.807) is 0 Å². The highest BCUT2D eigenvalue weighted by Crippen LogP contribution is 2.55. The molecule has 11 rings (SSSR count). The van der Waals surface area contributed by atoms with Crippen molar-refractivity contribution in [1.82, 2.24) is 15.0 Å². The van der Waals surface area contributed by atoms with Gasteiger partial charge in [-0.25, -0.2) is 15.0 Å². The highest BCUT2D eigenvalue weighted by atomic mass is 16.6. The molecule has 0 fully saturated rings. The summed E-state index contributed by atoms with van der Waals surface area (Å²) in [6.07, 6.45) is 0. The fourth-order valence-electron chi connectivity index (χ4n) is 8.47. The average Bonchev–Trinajstić information content (AvgIpc) is 3.52. The maximum absolute atomic E-state index is 6.58. The summed E-state index contributed by atoms with van der Waals surface area (Å²) < 4.78 is 13.0. The third-order valence-electron chi connectivity index (χ3n) is 11.6. The van der Waals surface area contributed by atoms with Crippen LogP contribution >= 0.6 is 0 Å². The van der Waals surface area contributed by atoms with Gasteiger partial charge in [0, 0.05) is 22.1 Å². The van der Waals surface area contributed by atoms with Gasteiger partial charge in [0.25, 0.3) is 0 Å². The van der Waals surface area contributed by atoms with E-state index in [-0.39, 0.29) is 5.41 Å². The molecule has 0 unspecified atom stereocenters. The van der Waals surface area contributed by atoms with Crippen LogP contribution in [-0.2, 0) is 5.41 Å². The van der Waals surface area contributed by atoms with Gasteiger partial charge in [-0.3, -0.25) is 0 Å². The maximum atomic E-state index is 6.58. The highest BCUT2D eigenvalue weighted by Gasteiger charge is 2.37. The van der Waals surface area contributed by atoms with E-state index >= 15 is 0 Å². The monoisotopic (exact) mass is 759 g/mol. The summed E-state index contributed by atoms with van der Waals surface area (Å²) in [6, 6.07) is 64.9. The predicted molar refractivity (Wildman–Crippen MR) is 237 cm³/mol. The minimum Gasteiger partial charge on any atom is -0.449 e. The van der Waals surface area contributed by atoms with Crippen molar-refractivity contribution in [3.05, 3.63) is 199 Å². The Hall–Kier alpha value is -7.63. The molecule has 2 heterocycles. The minimum absolute atomic E-state index is 0.132. The van der Waals surface area contributed by atoms with Crippen molar-refractivity contribution in [3.63, 3.8) is 0 Å². The Labute approximate surface area is 343 Å². The van der Waals surface area contributed by atoms with Crippen LogP contribution in [0.4, 0.5) is 0 Å². The van der Waals surface area contributed by atoms with Crippen molar-refractivity contribution < 1.29 is 9.47 Å². The molecule has 0 saturated heterocycles. The number of hydrogen-bond acceptors (Lipinski definition) is 5. The Kier molecular flexibility index (Phi) is 8.09. The molecule has 0 atom stereocenters. The van der Waals surface area contributed by atoms with Crippen LogP contribution in [0.5, 0.6) is 23.0 Å². The van der Waals surface area contributed by atoms with Gasteiger partial charge in [0.1, 0.15) is 0 Å². The van der Waals surface area contributed by atoms with Crippen LogP contribution in [0.2, 0.25) is 0 Å². The van der Waals surface area contributed by atoms with Gasteiger partial charge in [-0.1, -0.05) is 166 Å². The number of rotatable bonds is 6. The molecular formula is C54H37N3O2. The lowest BCUT2D eigenvalue weighted by Gasteiger charge is -2.25. The lowest BCUT2D eigenvalue weighted by molar-refractivity contribution is 0.359. The van der Waals surface area contributed by atoms with Crippen molar-refractivity contribution in [2.24, 2.45) is 0 Å². The first kappa shape index (κ1) is 34.6. The van der Waals surface area contributed by atoms with Crippen LogP contribution in [0.3, 0.4) is 0 Å². The summed E-state index contributed by atoms with van der Waals surface area (Å²) in [5.74, 6) is 4.67. The zero-order valence-electron chi connectivity index (χ0n) is 32.6. The zero-order valence-corrected chi connectivity index (χ0v) is 32.6. The number of ether oxygens (including phenoxy) is 2. The summed E-state index contributed by atoms with van der Waals surface area (Å²) >= 11 is 0. The van der Waals surface area contributed by atoms with E-state index < -0.39 is 0 Å². The van der Waals surface area contributed by atoms with E-state index in [2.05, 4.69) is 184 Å². The molecule has 0 saturated carbocycles. The molecule has 0 amide bonds. The Morgan fingerprint density at radius 2 is 0.746 bits per heavy atom. The maximum Gasteiger partial charge on any atom is 0.170 e. The van der Waals surface area contributed by atoms with Gasteiger partial charge in [0.15, 0.2) is 40.5 Å². The standard InChI is InChI=1S/C54H37N3O2/c1-54(2)45-22-10-9-21-43(45)44-32-49-50(33-46(44)54)59-48-31-40(27-28-47(48)58-49)36-23-25-37(26-24-36)51-55-52(41-19-11-17-38(29-41)34-13-5-3-6-14-34)57-53(56-51)42-20-12-18-39(30-42)35-15-7-4-8-16-35/h3-33H,1-2H3. The van der Waals surface area contributed by atoms with E-state index in [0.717, 1.165) is 61.6 Å². The van der Waals surface area contributed by atoms with Gasteiger partial charge in [0.05, 0.1) is 0 Å². The summed E-state index contributed by atoms with van der Waals surface area (Å²) in [6.45, 7) is 4.55. The number of hydrogen-bond donors (Lipinski definition) is 0. The smallest absolute Gasteiger partial charge is 0.170 e. The van der Waals surface area contributed by atoms with Gasteiger partial charge >= 0.3 is 0 Å². The topological polar surface area (TPSA) is 57.1 Å². The molecule has 2 aliphatic rings. The molecule has 280 valence electrons. The van der Waals surface area contributed by atoms with Crippen LogP contribution in [0.25, 0.3) is 78.7 Å². The van der Waals surface area contributed by atoms with Crippen molar-refractivity contribution >= 4 is 0 Å². The van der Waals surface area contributed by atoms with Gasteiger partial charge in [-0.2, -0.15) is 0 Å². The molecule has 1 aliphatic carbocycles. The predicted octanol–water partition coefficient (Wildman–Crippen LogP) is 14.1. The van der Waals surface area contributed by atoms with Crippen molar-refractivity contribution in [1.29, 1.82) is 0 Å². The summed E-state index contributed by atoms with van der Waals surface area (Å²) in [5.41, 5.74) is 14.1. The van der Waals surface area contributed by atoms with Crippen molar-refractivity contribution in [3.8, 4) is 102 Å². The van der Waals surface area contributed by atoms with E-state index in [1.165, 1.54) is 22.3 Å². The molecule has 59 heavy (non-hydrogen) atoms. The number of benzene rings is 8. The first-order chi connectivity index (χ1) is 28.9. The zero-order chi connectivity index (χ0) is 39.5. The number of nitrogens with zero attached hydrogens (tertiary/aromatic N) is 3. The van der Waals surface area contributed by atoms with Crippen molar-refractivity contribution in [2.45, 2.75) is 19.3 Å². The fourth-order valence-corrected chi connectivity index (χ4v) is 8.47. The molecular weight excluding hydrogens is 723 g/mol. The van der Waals surface area contributed by atoms with E-state index in [0.29, 0.717) is 29.0 Å². The average molecular weight is 760 g/mol. The number of fused-ring (bicyclic) bond motifs is 5. The Morgan fingerprint density at radius 3 is 1.39 bits per heavy atom. The Bertz CT molecular complexity index is 2970. The van der Waals surface area contributed by atoms with Crippen LogP contribution in [0.15, 0.2) is 188 Å². The second-order valence-corrected chi connectivity index (χ2v) is 15.7. The van der Waals surface area contributed by atoms with E-state index in [9.17, 15) is 0 Å². The van der Waals surface area contributed by atoms with Crippen LogP contribution < -0.4 is 9.47 Å². The molecule has 0 radical (unpaired) electrons. The van der Waals surface area contributed by atoms with Gasteiger partial charge in [-0.15, -0.1) is 0 Å². The highest BCUT2D eigenvalue weighted by molar-refractivity contribution is 5.84. The Morgan fingerprint density at radius 1 is 0.305 bits per heavy atom. The van der Waals surface area contributed by atoms with Crippen molar-refractivity contribution in [2.75, 3.05) is 0 Å². The molecule has 9 aromatic rings. The largest absolute Gasteiger partial charge is 0.449 e. The first-order valence-electron chi connectivity index (χ1n) is 19.9. The minimum atomic E-state index is -0.132. The quantitative estimate of drug-likeness (QED) is 0.169. The fraction of sp³-hybridized carbons (Fsp3) is 0.0556. The molecule has 1 aromatic heterocycles. The summed E-state index contributed by atoms with van der Waals surface area (Å²) in [7, 11) is 0. The normalized spacial score (nSPS) is 13.0. The second kappa shape index (κ2) is 13.8. The lowest BCUT2D eigenvalue weighted by Crippen LogP contribution is -2.15. The number of aromatic nitrogens is 3. The molecule has 0 spiro atoms. The Balaban J connectivity index is 0.936.